The summed E-state index contributed by atoms with van der Waals surface area (Å²) >= 11 is 0. The number of fused-ring (bicyclic) bond motifs is 1. The maximum atomic E-state index is 13.0. The van der Waals surface area contributed by atoms with E-state index in [2.05, 4.69) is 10.6 Å². The van der Waals surface area contributed by atoms with Crippen LogP contribution in [0, 0.1) is 5.92 Å². The summed E-state index contributed by atoms with van der Waals surface area (Å²) < 4.78 is 5.61. The van der Waals surface area contributed by atoms with Crippen molar-refractivity contribution in [1.29, 1.82) is 0 Å². The summed E-state index contributed by atoms with van der Waals surface area (Å²) in [7, 11) is 0. The number of nitrogens with one attached hydrogen (secondary N) is 2. The molecule has 1 aromatic rings. The summed E-state index contributed by atoms with van der Waals surface area (Å²) in [5.41, 5.74) is 0.0904. The summed E-state index contributed by atoms with van der Waals surface area (Å²) in [6.07, 6.45) is 4.18. The second-order valence-electron chi connectivity index (χ2n) is 7.73. The van der Waals surface area contributed by atoms with Crippen LogP contribution in [0.1, 0.15) is 50.6 Å². The number of urea groups is 1. The number of hydrogen-bond donors (Lipinski definition) is 2. The van der Waals surface area contributed by atoms with Gasteiger partial charge in [-0.15, -0.1) is 0 Å². The molecule has 4 amide bonds. The SMILES string of the molecule is C[C@@H]1CCCC[C@]12NC(=O)N(CC(=O)N[C@H]1CCOc3ccccc31)C2=O. The predicted molar refractivity (Wildman–Crippen MR) is 98.0 cm³/mol. The molecule has 7 heteroatoms. The van der Waals surface area contributed by atoms with Gasteiger partial charge in [-0.3, -0.25) is 14.5 Å². The van der Waals surface area contributed by atoms with E-state index in [0.29, 0.717) is 19.4 Å². The Kier molecular flexibility index (Phi) is 4.53. The van der Waals surface area contributed by atoms with Crippen LogP contribution in [0.3, 0.4) is 0 Å². The van der Waals surface area contributed by atoms with E-state index in [0.717, 1.165) is 35.5 Å². The molecule has 0 aromatic heterocycles. The van der Waals surface area contributed by atoms with E-state index in [4.69, 9.17) is 4.74 Å². The molecular formula is C20H25N3O4. The summed E-state index contributed by atoms with van der Waals surface area (Å²) in [4.78, 5) is 39.1. The molecule has 7 nitrogen and oxygen atoms in total. The van der Waals surface area contributed by atoms with Gasteiger partial charge in [0.1, 0.15) is 17.8 Å². The van der Waals surface area contributed by atoms with Crippen LogP contribution in [0.5, 0.6) is 5.75 Å². The van der Waals surface area contributed by atoms with Gasteiger partial charge in [0.25, 0.3) is 5.91 Å². The van der Waals surface area contributed by atoms with Crippen LogP contribution in [-0.2, 0) is 9.59 Å². The number of amides is 4. The summed E-state index contributed by atoms with van der Waals surface area (Å²) in [6, 6.07) is 6.95. The smallest absolute Gasteiger partial charge is 0.325 e. The zero-order valence-electron chi connectivity index (χ0n) is 15.5. The highest BCUT2D eigenvalue weighted by Gasteiger charge is 2.55. The second-order valence-corrected chi connectivity index (χ2v) is 7.73. The van der Waals surface area contributed by atoms with Crippen LogP contribution in [-0.4, -0.2) is 41.4 Å². The van der Waals surface area contributed by atoms with Gasteiger partial charge in [-0.1, -0.05) is 38.0 Å². The van der Waals surface area contributed by atoms with Gasteiger partial charge in [-0.05, 0) is 24.8 Å². The lowest BCUT2D eigenvalue weighted by Crippen LogP contribution is -2.54. The molecule has 0 radical (unpaired) electrons. The number of nitrogens with zero attached hydrogens (tertiary/aromatic N) is 1. The number of rotatable bonds is 3. The fraction of sp³-hybridized carbons (Fsp3) is 0.550. The molecule has 0 unspecified atom stereocenters. The lowest BCUT2D eigenvalue weighted by molar-refractivity contribution is -0.137. The predicted octanol–water partition coefficient (Wildman–Crippen LogP) is 2.13. The Balaban J connectivity index is 1.44. The summed E-state index contributed by atoms with van der Waals surface area (Å²) in [5, 5.41) is 5.83. The van der Waals surface area contributed by atoms with Crippen molar-refractivity contribution in [2.75, 3.05) is 13.2 Å². The molecule has 2 aliphatic heterocycles. The van der Waals surface area contributed by atoms with E-state index in [9.17, 15) is 14.4 Å². The van der Waals surface area contributed by atoms with Gasteiger partial charge < -0.3 is 15.4 Å². The molecule has 27 heavy (non-hydrogen) atoms. The van der Waals surface area contributed by atoms with Crippen molar-refractivity contribution < 1.29 is 19.1 Å². The van der Waals surface area contributed by atoms with Crippen LogP contribution in [0.2, 0.25) is 0 Å². The van der Waals surface area contributed by atoms with E-state index in [1.807, 2.05) is 31.2 Å². The third-order valence-electron chi connectivity index (χ3n) is 6.10. The minimum absolute atomic E-state index is 0.0816. The zero-order chi connectivity index (χ0) is 19.0. The first-order valence-electron chi connectivity index (χ1n) is 9.66. The van der Waals surface area contributed by atoms with Gasteiger partial charge >= 0.3 is 6.03 Å². The Morgan fingerprint density at radius 2 is 2.11 bits per heavy atom. The molecule has 1 saturated heterocycles. The minimum Gasteiger partial charge on any atom is -0.493 e. The summed E-state index contributed by atoms with van der Waals surface area (Å²) in [5.74, 6) is 0.250. The second kappa shape index (κ2) is 6.87. The molecular weight excluding hydrogens is 346 g/mol. The van der Waals surface area contributed by atoms with Gasteiger partial charge in [0.05, 0.1) is 12.6 Å². The van der Waals surface area contributed by atoms with Gasteiger partial charge in [-0.2, -0.15) is 0 Å². The Hall–Kier alpha value is -2.57. The lowest BCUT2D eigenvalue weighted by atomic mass is 9.73. The number of carbonyl (C=O) groups excluding carboxylic acids is 3. The van der Waals surface area contributed by atoms with Gasteiger partial charge in [-0.25, -0.2) is 4.79 Å². The zero-order valence-corrected chi connectivity index (χ0v) is 15.5. The molecule has 0 bridgehead atoms. The van der Waals surface area contributed by atoms with Crippen LogP contribution < -0.4 is 15.4 Å². The average Bonchev–Trinajstić information content (AvgIpc) is 2.89. The molecule has 1 aliphatic carbocycles. The molecule has 1 aromatic carbocycles. The minimum atomic E-state index is -0.832. The van der Waals surface area contributed by atoms with Crippen molar-refractivity contribution in [2.45, 2.75) is 50.6 Å². The first-order chi connectivity index (χ1) is 13.0. The van der Waals surface area contributed by atoms with Crippen molar-refractivity contribution in [3.63, 3.8) is 0 Å². The van der Waals surface area contributed by atoms with E-state index in [1.165, 1.54) is 0 Å². The van der Waals surface area contributed by atoms with Crippen molar-refractivity contribution in [1.82, 2.24) is 15.5 Å². The van der Waals surface area contributed by atoms with Gasteiger partial charge in [0, 0.05) is 12.0 Å². The Morgan fingerprint density at radius 1 is 1.30 bits per heavy atom. The number of ether oxygens (including phenoxy) is 1. The molecule has 1 saturated carbocycles. The maximum Gasteiger partial charge on any atom is 0.325 e. The fourth-order valence-corrected chi connectivity index (χ4v) is 4.51. The third-order valence-corrected chi connectivity index (χ3v) is 6.10. The molecule has 2 fully saturated rings. The lowest BCUT2D eigenvalue weighted by Gasteiger charge is -2.36. The van der Waals surface area contributed by atoms with E-state index < -0.39 is 11.6 Å². The van der Waals surface area contributed by atoms with E-state index >= 15 is 0 Å². The van der Waals surface area contributed by atoms with Gasteiger partial charge in [0.2, 0.25) is 5.91 Å². The Bertz CT molecular complexity index is 780. The molecule has 1 spiro atoms. The highest BCUT2D eigenvalue weighted by Crippen LogP contribution is 2.38. The summed E-state index contributed by atoms with van der Waals surface area (Å²) in [6.45, 7) is 2.27. The van der Waals surface area contributed by atoms with Crippen molar-refractivity contribution >= 4 is 17.8 Å². The maximum absolute atomic E-state index is 13.0. The number of hydrogen-bond acceptors (Lipinski definition) is 4. The molecule has 144 valence electrons. The monoisotopic (exact) mass is 371 g/mol. The van der Waals surface area contributed by atoms with Crippen molar-refractivity contribution in [3.8, 4) is 5.75 Å². The topological polar surface area (TPSA) is 87.7 Å². The number of benzene rings is 1. The highest BCUT2D eigenvalue weighted by molar-refractivity contribution is 6.09. The standard InChI is InChI=1S/C20H25N3O4/c1-13-6-4-5-10-20(13)18(25)23(19(26)22-20)12-17(24)21-15-9-11-27-16-8-3-2-7-14(15)16/h2-3,7-8,13,15H,4-6,9-12H2,1H3,(H,21,24)(H,22,26)/t13-,15+,20+/m1/s1. The van der Waals surface area contributed by atoms with Crippen LogP contribution in [0.25, 0.3) is 0 Å². The molecule has 3 aliphatic rings. The van der Waals surface area contributed by atoms with E-state index in [1.54, 1.807) is 0 Å². The van der Waals surface area contributed by atoms with Crippen molar-refractivity contribution in [3.05, 3.63) is 29.8 Å². The van der Waals surface area contributed by atoms with Crippen LogP contribution >= 0.6 is 0 Å². The molecule has 4 rings (SSSR count). The molecule has 2 N–H and O–H groups in total. The normalized spacial score (nSPS) is 29.9. The number of para-hydroxylation sites is 1. The van der Waals surface area contributed by atoms with Crippen molar-refractivity contribution in [2.24, 2.45) is 5.92 Å². The first kappa shape index (κ1) is 17.8. The Labute approximate surface area is 158 Å². The fourth-order valence-electron chi connectivity index (χ4n) is 4.51. The van der Waals surface area contributed by atoms with Crippen LogP contribution in [0.4, 0.5) is 4.79 Å². The van der Waals surface area contributed by atoms with Crippen LogP contribution in [0.15, 0.2) is 24.3 Å². The Morgan fingerprint density at radius 3 is 2.93 bits per heavy atom. The average molecular weight is 371 g/mol. The number of carbonyl (C=O) groups is 3. The molecule has 2 heterocycles. The molecule has 3 atom stereocenters. The largest absolute Gasteiger partial charge is 0.493 e. The van der Waals surface area contributed by atoms with Gasteiger partial charge in [0.15, 0.2) is 0 Å². The quantitative estimate of drug-likeness (QED) is 0.797. The first-order valence-corrected chi connectivity index (χ1v) is 9.66. The highest BCUT2D eigenvalue weighted by atomic mass is 16.5. The van der Waals surface area contributed by atoms with E-state index in [-0.39, 0.29) is 30.3 Å². The number of imide groups is 1. The third kappa shape index (κ3) is 3.05.